The molecule has 0 radical (unpaired) electrons. The number of benzene rings is 1. The fourth-order valence-corrected chi connectivity index (χ4v) is 5.75. The molecule has 204 valence electrons. The van der Waals surface area contributed by atoms with Crippen molar-refractivity contribution in [2.75, 3.05) is 20.8 Å². The molecule has 0 bridgehead atoms. The number of pyridine rings is 1. The highest BCUT2D eigenvalue weighted by molar-refractivity contribution is 7.21. The van der Waals surface area contributed by atoms with Gasteiger partial charge in [0.25, 0.3) is 0 Å². The molecule has 0 saturated heterocycles. The zero-order valence-corrected chi connectivity index (χ0v) is 23.2. The van der Waals surface area contributed by atoms with Gasteiger partial charge in [-0.05, 0) is 13.0 Å². The molecule has 0 spiro atoms. The van der Waals surface area contributed by atoms with E-state index in [-0.39, 0.29) is 49.6 Å². The molecule has 10 nitrogen and oxygen atoms in total. The van der Waals surface area contributed by atoms with Crippen LogP contribution in [0, 0.1) is 0 Å². The van der Waals surface area contributed by atoms with Crippen LogP contribution in [-0.4, -0.2) is 59.2 Å². The summed E-state index contributed by atoms with van der Waals surface area (Å²) < 4.78 is 18.5. The summed E-state index contributed by atoms with van der Waals surface area (Å²) in [4.78, 5) is 56.3. The van der Waals surface area contributed by atoms with Gasteiger partial charge in [-0.15, -0.1) is 22.7 Å². The average Bonchev–Trinajstić information content (AvgIpc) is 3.52. The summed E-state index contributed by atoms with van der Waals surface area (Å²) in [7, 11) is 3.06. The Balaban J connectivity index is 1.49. The van der Waals surface area contributed by atoms with E-state index in [9.17, 15) is 19.2 Å². The third kappa shape index (κ3) is 6.76. The highest BCUT2D eigenvalue weighted by Crippen LogP contribution is 2.36. The molecule has 4 rings (SSSR count). The monoisotopic (exact) mass is 570 g/mol. The van der Waals surface area contributed by atoms with E-state index in [1.807, 2.05) is 6.07 Å². The van der Waals surface area contributed by atoms with E-state index in [1.165, 1.54) is 43.8 Å². The fraction of sp³-hybridized carbons (Fsp3) is 0.333. The molecule has 0 atom stereocenters. The summed E-state index contributed by atoms with van der Waals surface area (Å²) in [5.74, 6) is 0.0187. The lowest BCUT2D eigenvalue weighted by Crippen LogP contribution is -2.06. The van der Waals surface area contributed by atoms with E-state index < -0.39 is 5.97 Å². The van der Waals surface area contributed by atoms with Crippen LogP contribution in [0.2, 0.25) is 0 Å². The van der Waals surface area contributed by atoms with Gasteiger partial charge in [0.1, 0.15) is 11.5 Å². The molecule has 0 amide bonds. The molecule has 0 unspecified atom stereocenters. The zero-order chi connectivity index (χ0) is 28.1. The fourth-order valence-electron chi connectivity index (χ4n) is 3.81. The first-order chi connectivity index (χ1) is 18.7. The Morgan fingerprint density at radius 1 is 0.795 bits per heavy atom. The molecular formula is C27H26N2O8S2. The highest BCUT2D eigenvalue weighted by atomic mass is 32.1. The molecule has 1 aromatic carbocycles. The number of hydrogen-bond donors (Lipinski definition) is 1. The summed E-state index contributed by atoms with van der Waals surface area (Å²) >= 11 is 2.50. The Kier molecular flexibility index (Phi) is 8.87. The smallest absolute Gasteiger partial charge is 0.303 e. The SMILES string of the molecule is COc1cc2sc(C(=O)CCC(C)=O)nc2cc1OCCc1nc2cc(C(=O)CCC(=O)O)sc2cc1OC. The molecule has 3 heterocycles. The van der Waals surface area contributed by atoms with E-state index in [1.54, 1.807) is 18.2 Å². The predicted molar refractivity (Wildman–Crippen MR) is 147 cm³/mol. The van der Waals surface area contributed by atoms with Crippen molar-refractivity contribution < 1.29 is 38.5 Å². The van der Waals surface area contributed by atoms with Crippen molar-refractivity contribution in [1.29, 1.82) is 0 Å². The third-order valence-corrected chi connectivity index (χ3v) is 7.99. The van der Waals surface area contributed by atoms with Gasteiger partial charge in [-0.3, -0.25) is 14.4 Å². The van der Waals surface area contributed by atoms with Crippen molar-refractivity contribution in [3.05, 3.63) is 39.8 Å². The number of nitrogens with zero attached hydrogens (tertiary/aromatic N) is 2. The number of ketones is 3. The average molecular weight is 571 g/mol. The number of aliphatic carboxylic acids is 1. The van der Waals surface area contributed by atoms with E-state index in [0.29, 0.717) is 50.3 Å². The first-order valence-electron chi connectivity index (χ1n) is 12.0. The molecule has 0 fully saturated rings. The summed E-state index contributed by atoms with van der Waals surface area (Å²) in [5, 5.41) is 9.18. The van der Waals surface area contributed by atoms with Crippen LogP contribution < -0.4 is 14.2 Å². The molecule has 0 aliphatic carbocycles. The number of aromatic nitrogens is 2. The Morgan fingerprint density at radius 2 is 1.46 bits per heavy atom. The van der Waals surface area contributed by atoms with Crippen LogP contribution in [-0.2, 0) is 16.0 Å². The minimum Gasteiger partial charge on any atom is -0.495 e. The second-order valence-electron chi connectivity index (χ2n) is 8.66. The minimum atomic E-state index is -1.02. The molecule has 39 heavy (non-hydrogen) atoms. The van der Waals surface area contributed by atoms with Gasteiger partial charge in [0.15, 0.2) is 28.1 Å². The number of hydrogen-bond acceptors (Lipinski definition) is 11. The van der Waals surface area contributed by atoms with Crippen LogP contribution in [0.25, 0.3) is 20.4 Å². The maximum Gasteiger partial charge on any atom is 0.303 e. The van der Waals surface area contributed by atoms with Gasteiger partial charge in [0.05, 0.1) is 58.3 Å². The van der Waals surface area contributed by atoms with Crippen LogP contribution >= 0.6 is 22.7 Å². The summed E-state index contributed by atoms with van der Waals surface area (Å²) in [6.45, 7) is 1.69. The lowest BCUT2D eigenvalue weighted by atomic mass is 10.2. The van der Waals surface area contributed by atoms with Crippen molar-refractivity contribution in [2.24, 2.45) is 0 Å². The van der Waals surface area contributed by atoms with Gasteiger partial charge in [-0.1, -0.05) is 0 Å². The Morgan fingerprint density at radius 3 is 2.15 bits per heavy atom. The van der Waals surface area contributed by atoms with Crippen molar-refractivity contribution in [3.63, 3.8) is 0 Å². The molecule has 1 N–H and O–H groups in total. The Labute approximate surface area is 231 Å². The number of thiophene rings is 1. The number of ether oxygens (including phenoxy) is 3. The van der Waals surface area contributed by atoms with Gasteiger partial charge in [-0.25, -0.2) is 9.97 Å². The van der Waals surface area contributed by atoms with E-state index in [0.717, 1.165) is 9.40 Å². The number of Topliss-reactive ketones (excluding diaryl/α,β-unsaturated/α-hetero) is 3. The number of thiazole rings is 1. The summed E-state index contributed by atoms with van der Waals surface area (Å²) in [5.41, 5.74) is 1.86. The van der Waals surface area contributed by atoms with Crippen LogP contribution in [0.4, 0.5) is 0 Å². The predicted octanol–water partition coefficient (Wildman–Crippen LogP) is 5.14. The molecule has 12 heteroatoms. The maximum atomic E-state index is 12.4. The van der Waals surface area contributed by atoms with Crippen molar-refractivity contribution >= 4 is 66.4 Å². The van der Waals surface area contributed by atoms with Gasteiger partial charge in [-0.2, -0.15) is 0 Å². The van der Waals surface area contributed by atoms with Crippen LogP contribution in [0.3, 0.4) is 0 Å². The van der Waals surface area contributed by atoms with Gasteiger partial charge in [0.2, 0.25) is 0 Å². The second-order valence-corrected chi connectivity index (χ2v) is 10.8. The van der Waals surface area contributed by atoms with Gasteiger partial charge >= 0.3 is 5.97 Å². The Bertz CT molecular complexity index is 1460. The largest absolute Gasteiger partial charge is 0.495 e. The number of carbonyl (C=O) groups excluding carboxylic acids is 3. The molecule has 4 aromatic rings. The minimum absolute atomic E-state index is 0.0456. The van der Waals surface area contributed by atoms with Crippen molar-refractivity contribution in [1.82, 2.24) is 9.97 Å². The van der Waals surface area contributed by atoms with Crippen molar-refractivity contribution in [3.8, 4) is 17.2 Å². The van der Waals surface area contributed by atoms with Crippen molar-refractivity contribution in [2.45, 2.75) is 39.0 Å². The van der Waals surface area contributed by atoms with Gasteiger partial charge in [0, 0.05) is 43.9 Å². The quantitative estimate of drug-likeness (QED) is 0.202. The van der Waals surface area contributed by atoms with Gasteiger partial charge < -0.3 is 24.1 Å². The van der Waals surface area contributed by atoms with E-state index in [4.69, 9.17) is 19.3 Å². The van der Waals surface area contributed by atoms with Crippen LogP contribution in [0.15, 0.2) is 24.3 Å². The lowest BCUT2D eigenvalue weighted by Gasteiger charge is -2.12. The Hall–Kier alpha value is -3.90. The lowest BCUT2D eigenvalue weighted by molar-refractivity contribution is -0.137. The first kappa shape index (κ1) is 28.1. The summed E-state index contributed by atoms with van der Waals surface area (Å²) in [6.07, 6.45) is 0.407. The molecular weight excluding hydrogens is 544 g/mol. The molecule has 0 saturated carbocycles. The molecule has 0 aliphatic rings. The number of fused-ring (bicyclic) bond motifs is 2. The topological polar surface area (TPSA) is 142 Å². The number of carboxylic acids is 1. The number of rotatable bonds is 14. The standard InChI is InChI=1S/C27H26N2O8S2/c1-14(30)4-5-19(32)27-29-16-10-22(21(36-3)13-24(16)39-27)37-9-8-15-20(35-2)12-23-17(28-15)11-25(38-23)18(31)6-7-26(33)34/h10-13H,4-9H2,1-3H3,(H,33,34). The zero-order valence-electron chi connectivity index (χ0n) is 21.6. The molecule has 3 aromatic heterocycles. The second kappa shape index (κ2) is 12.3. The molecule has 0 aliphatic heterocycles. The van der Waals surface area contributed by atoms with Crippen LogP contribution in [0.5, 0.6) is 17.2 Å². The normalized spacial score (nSPS) is 11.1. The van der Waals surface area contributed by atoms with E-state index >= 15 is 0 Å². The number of methoxy groups -OCH3 is 2. The van der Waals surface area contributed by atoms with Crippen LogP contribution in [0.1, 0.15) is 57.8 Å². The number of carbonyl (C=O) groups is 4. The van der Waals surface area contributed by atoms with E-state index in [2.05, 4.69) is 9.97 Å². The summed E-state index contributed by atoms with van der Waals surface area (Å²) in [6, 6.07) is 6.96. The number of carboxylic acid groups (broad SMARTS) is 1. The first-order valence-corrected chi connectivity index (χ1v) is 13.7. The third-order valence-electron chi connectivity index (χ3n) is 5.82. The maximum absolute atomic E-state index is 12.4. The highest BCUT2D eigenvalue weighted by Gasteiger charge is 2.18.